The first-order valence-electron chi connectivity index (χ1n) is 7.18. The van der Waals surface area contributed by atoms with Gasteiger partial charge in [-0.25, -0.2) is 8.42 Å². The fraction of sp³-hybridized carbons (Fsp3) is 0.600. The Bertz CT molecular complexity index is 628. The molecule has 1 aromatic rings. The normalized spacial score (nSPS) is 21.7. The van der Waals surface area contributed by atoms with Crippen molar-refractivity contribution in [2.45, 2.75) is 38.3 Å². The van der Waals surface area contributed by atoms with Crippen molar-refractivity contribution in [3.63, 3.8) is 0 Å². The number of nitrogens with zero attached hydrogens (tertiary/aromatic N) is 2. The third-order valence-electron chi connectivity index (χ3n) is 4.40. The quantitative estimate of drug-likeness (QED) is 0.908. The molecule has 1 fully saturated rings. The van der Waals surface area contributed by atoms with E-state index in [1.165, 1.54) is 0 Å². The van der Waals surface area contributed by atoms with Gasteiger partial charge in [0.15, 0.2) is 0 Å². The van der Waals surface area contributed by atoms with Crippen LogP contribution in [0.15, 0.2) is 17.0 Å². The molecule has 0 aromatic heterocycles. The lowest BCUT2D eigenvalue weighted by atomic mass is 10.1. The van der Waals surface area contributed by atoms with Crippen LogP contribution in [0.2, 0.25) is 0 Å². The van der Waals surface area contributed by atoms with E-state index < -0.39 is 10.0 Å². The number of aliphatic hydroxyl groups is 1. The van der Waals surface area contributed by atoms with E-state index in [-0.39, 0.29) is 12.6 Å². The number of hydrogen-bond acceptors (Lipinski definition) is 4. The molecule has 0 amide bonds. The molecule has 5 nitrogen and oxygen atoms in total. The largest absolute Gasteiger partial charge is 0.392 e. The summed E-state index contributed by atoms with van der Waals surface area (Å²) in [5, 5.41) is 9.32. The van der Waals surface area contributed by atoms with Crippen LogP contribution < -0.4 is 0 Å². The van der Waals surface area contributed by atoms with Gasteiger partial charge in [0.1, 0.15) is 0 Å². The summed E-state index contributed by atoms with van der Waals surface area (Å²) < 4.78 is 27.4. The molecule has 1 heterocycles. The van der Waals surface area contributed by atoms with Crippen molar-refractivity contribution in [2.75, 3.05) is 26.7 Å². The van der Waals surface area contributed by atoms with Gasteiger partial charge in [-0.05, 0) is 50.6 Å². The van der Waals surface area contributed by atoms with Crippen LogP contribution in [0.4, 0.5) is 0 Å². The fourth-order valence-electron chi connectivity index (χ4n) is 2.63. The van der Waals surface area contributed by atoms with E-state index in [1.807, 2.05) is 33.9 Å². The molecule has 118 valence electrons. The lowest BCUT2D eigenvalue weighted by Crippen LogP contribution is -2.51. The van der Waals surface area contributed by atoms with E-state index in [0.717, 1.165) is 17.7 Å². The van der Waals surface area contributed by atoms with Crippen molar-refractivity contribution in [1.82, 2.24) is 9.21 Å². The predicted molar refractivity (Wildman–Crippen MR) is 82.7 cm³/mol. The zero-order chi connectivity index (χ0) is 15.8. The highest BCUT2D eigenvalue weighted by atomic mass is 32.2. The number of piperazine rings is 1. The van der Waals surface area contributed by atoms with E-state index in [0.29, 0.717) is 23.5 Å². The topological polar surface area (TPSA) is 60.9 Å². The van der Waals surface area contributed by atoms with E-state index in [9.17, 15) is 13.5 Å². The molecule has 0 spiro atoms. The molecule has 0 bridgehead atoms. The maximum Gasteiger partial charge on any atom is 0.243 e. The van der Waals surface area contributed by atoms with Crippen LogP contribution in [0, 0.1) is 13.8 Å². The van der Waals surface area contributed by atoms with Gasteiger partial charge >= 0.3 is 0 Å². The van der Waals surface area contributed by atoms with Gasteiger partial charge < -0.3 is 10.0 Å². The van der Waals surface area contributed by atoms with Crippen LogP contribution in [-0.2, 0) is 16.6 Å². The molecule has 0 aliphatic carbocycles. The average Bonchev–Trinajstić information content (AvgIpc) is 2.44. The summed E-state index contributed by atoms with van der Waals surface area (Å²) in [6.45, 7) is 7.32. The summed E-state index contributed by atoms with van der Waals surface area (Å²) in [6.07, 6.45) is 0. The van der Waals surface area contributed by atoms with Gasteiger partial charge in [0.05, 0.1) is 11.5 Å². The fourth-order valence-corrected chi connectivity index (χ4v) is 4.49. The highest BCUT2D eigenvalue weighted by molar-refractivity contribution is 7.89. The average molecular weight is 312 g/mol. The number of sulfonamides is 1. The Morgan fingerprint density at radius 2 is 1.95 bits per heavy atom. The molecule has 21 heavy (non-hydrogen) atoms. The first-order valence-corrected chi connectivity index (χ1v) is 8.62. The smallest absolute Gasteiger partial charge is 0.243 e. The SMILES string of the molecule is Cc1cc(CO)cc(S(=O)(=O)N2CCN(C)C(C)C2)c1C. The molecule has 1 unspecified atom stereocenters. The van der Waals surface area contributed by atoms with Crippen LogP contribution in [0.3, 0.4) is 0 Å². The molecule has 6 heteroatoms. The van der Waals surface area contributed by atoms with E-state index in [1.54, 1.807) is 10.4 Å². The number of hydrogen-bond donors (Lipinski definition) is 1. The Kier molecular flexibility index (Phi) is 4.72. The van der Waals surface area contributed by atoms with Gasteiger partial charge in [-0.2, -0.15) is 4.31 Å². The van der Waals surface area contributed by atoms with Crippen molar-refractivity contribution < 1.29 is 13.5 Å². The van der Waals surface area contributed by atoms with Crippen LogP contribution >= 0.6 is 0 Å². The number of likely N-dealkylation sites (N-methyl/N-ethyl adjacent to an activating group) is 1. The van der Waals surface area contributed by atoms with Crippen LogP contribution in [-0.4, -0.2) is 55.5 Å². The highest BCUT2D eigenvalue weighted by Gasteiger charge is 2.32. The number of aliphatic hydroxyl groups excluding tert-OH is 1. The van der Waals surface area contributed by atoms with Gasteiger partial charge in [0, 0.05) is 25.7 Å². The van der Waals surface area contributed by atoms with Gasteiger partial charge in [-0.3, -0.25) is 0 Å². The predicted octanol–water partition coefficient (Wildman–Crippen LogP) is 1.12. The van der Waals surface area contributed by atoms with Crippen molar-refractivity contribution >= 4 is 10.0 Å². The van der Waals surface area contributed by atoms with Crippen LogP contribution in [0.25, 0.3) is 0 Å². The zero-order valence-electron chi connectivity index (χ0n) is 13.1. The van der Waals surface area contributed by atoms with E-state index >= 15 is 0 Å². The molecule has 0 radical (unpaired) electrons. The Balaban J connectivity index is 2.42. The summed E-state index contributed by atoms with van der Waals surface area (Å²) in [5.41, 5.74) is 2.29. The molecule has 1 atom stereocenters. The summed E-state index contributed by atoms with van der Waals surface area (Å²) >= 11 is 0. The first-order chi connectivity index (χ1) is 9.77. The van der Waals surface area contributed by atoms with Gasteiger partial charge in [-0.1, -0.05) is 6.07 Å². The van der Waals surface area contributed by atoms with E-state index in [2.05, 4.69) is 4.90 Å². The lowest BCUT2D eigenvalue weighted by molar-refractivity contribution is 0.159. The molecule has 2 rings (SSSR count). The maximum atomic E-state index is 12.9. The monoisotopic (exact) mass is 312 g/mol. The minimum absolute atomic E-state index is 0.150. The van der Waals surface area contributed by atoms with E-state index in [4.69, 9.17) is 0 Å². The molecular formula is C15H24N2O3S. The molecule has 1 aliphatic heterocycles. The third-order valence-corrected chi connectivity index (χ3v) is 6.39. The second-order valence-electron chi connectivity index (χ2n) is 5.89. The molecule has 0 saturated carbocycles. The minimum Gasteiger partial charge on any atom is -0.392 e. The van der Waals surface area contributed by atoms with Crippen LogP contribution in [0.1, 0.15) is 23.6 Å². The summed E-state index contributed by atoms with van der Waals surface area (Å²) in [4.78, 5) is 2.48. The zero-order valence-corrected chi connectivity index (χ0v) is 13.9. The van der Waals surface area contributed by atoms with Gasteiger partial charge in [-0.15, -0.1) is 0 Å². The Morgan fingerprint density at radius 1 is 1.29 bits per heavy atom. The molecule has 1 aliphatic rings. The first kappa shape index (κ1) is 16.4. The van der Waals surface area contributed by atoms with Crippen molar-refractivity contribution in [3.05, 3.63) is 28.8 Å². The summed E-state index contributed by atoms with van der Waals surface area (Å²) in [5.74, 6) is 0. The van der Waals surface area contributed by atoms with Crippen molar-refractivity contribution in [3.8, 4) is 0 Å². The van der Waals surface area contributed by atoms with Crippen molar-refractivity contribution in [1.29, 1.82) is 0 Å². The van der Waals surface area contributed by atoms with Gasteiger partial charge in [0.2, 0.25) is 10.0 Å². The standard InChI is InChI=1S/C15H24N2O3S/c1-11-7-14(10-18)8-15(13(11)3)21(19,20)17-6-5-16(4)12(2)9-17/h7-8,12,18H,5-6,9-10H2,1-4H3. The Hall–Kier alpha value is -0.950. The second-order valence-corrected chi connectivity index (χ2v) is 7.79. The third kappa shape index (κ3) is 3.13. The molecule has 1 saturated heterocycles. The summed E-state index contributed by atoms with van der Waals surface area (Å²) in [6, 6.07) is 3.64. The maximum absolute atomic E-state index is 12.9. The Morgan fingerprint density at radius 3 is 2.52 bits per heavy atom. The summed E-state index contributed by atoms with van der Waals surface area (Å²) in [7, 11) is -1.50. The number of aryl methyl sites for hydroxylation is 1. The van der Waals surface area contributed by atoms with Crippen molar-refractivity contribution in [2.24, 2.45) is 0 Å². The molecular weight excluding hydrogens is 288 g/mol. The molecule has 1 N–H and O–H groups in total. The van der Waals surface area contributed by atoms with Crippen LogP contribution in [0.5, 0.6) is 0 Å². The highest BCUT2D eigenvalue weighted by Crippen LogP contribution is 2.26. The molecule has 1 aromatic carbocycles. The lowest BCUT2D eigenvalue weighted by Gasteiger charge is -2.37. The Labute approximate surface area is 127 Å². The van der Waals surface area contributed by atoms with Gasteiger partial charge in [0.25, 0.3) is 0 Å². The second kappa shape index (κ2) is 6.04. The number of rotatable bonds is 3. The number of benzene rings is 1. The minimum atomic E-state index is -3.51.